The van der Waals surface area contributed by atoms with E-state index in [1.165, 1.54) is 6.21 Å². The molecular formula is C15H14N2O3. The lowest BCUT2D eigenvalue weighted by Crippen LogP contribution is -2.28. The normalized spacial score (nSPS) is 34.8. The van der Waals surface area contributed by atoms with Gasteiger partial charge in [-0.2, -0.15) is 10.1 Å². The second kappa shape index (κ2) is 3.91. The summed E-state index contributed by atoms with van der Waals surface area (Å²) < 4.78 is 5.35. The summed E-state index contributed by atoms with van der Waals surface area (Å²) in [5.74, 6) is 1.000. The Morgan fingerprint density at radius 1 is 1.20 bits per heavy atom. The van der Waals surface area contributed by atoms with Gasteiger partial charge < -0.3 is 4.42 Å². The molecular weight excluding hydrogens is 256 g/mol. The van der Waals surface area contributed by atoms with Crippen LogP contribution in [0.15, 0.2) is 33.8 Å². The zero-order chi connectivity index (χ0) is 13.9. The molecule has 5 heteroatoms. The van der Waals surface area contributed by atoms with Crippen LogP contribution in [0.4, 0.5) is 0 Å². The van der Waals surface area contributed by atoms with E-state index in [2.05, 4.69) is 17.3 Å². The predicted molar refractivity (Wildman–Crippen MR) is 70.6 cm³/mol. The first-order valence-corrected chi connectivity index (χ1v) is 6.82. The van der Waals surface area contributed by atoms with Crippen LogP contribution >= 0.6 is 0 Å². The highest BCUT2D eigenvalue weighted by atomic mass is 16.3. The molecule has 1 saturated carbocycles. The number of hydrazone groups is 1. The van der Waals surface area contributed by atoms with E-state index in [0.29, 0.717) is 5.76 Å². The average Bonchev–Trinajstić information content (AvgIpc) is 3.15. The first kappa shape index (κ1) is 11.6. The van der Waals surface area contributed by atoms with Crippen LogP contribution in [-0.2, 0) is 9.59 Å². The van der Waals surface area contributed by atoms with Crippen LogP contribution in [0.25, 0.3) is 0 Å². The number of imide groups is 1. The average molecular weight is 270 g/mol. The van der Waals surface area contributed by atoms with Gasteiger partial charge in [0.1, 0.15) is 11.5 Å². The highest BCUT2D eigenvalue weighted by Crippen LogP contribution is 2.52. The molecule has 0 radical (unpaired) electrons. The number of hydrogen-bond acceptors (Lipinski definition) is 4. The van der Waals surface area contributed by atoms with Gasteiger partial charge in [0.2, 0.25) is 0 Å². The molecule has 0 N–H and O–H groups in total. The molecule has 2 fully saturated rings. The smallest absolute Gasteiger partial charge is 0.254 e. The van der Waals surface area contributed by atoms with Crippen LogP contribution in [-0.4, -0.2) is 23.0 Å². The molecule has 1 aliphatic heterocycles. The standard InChI is InChI=1S/C15H14N2O3/c1-8-2-5-11(20-8)7-16-17-14(18)12-9-3-4-10(6-9)13(12)15(17)19/h2-5,7,9-10,12-13H,6H2,1H3/b16-7-/t9-,10-,12+,13+/m0/s1. The third kappa shape index (κ3) is 1.46. The second-order valence-corrected chi connectivity index (χ2v) is 5.68. The first-order chi connectivity index (χ1) is 9.65. The summed E-state index contributed by atoms with van der Waals surface area (Å²) in [4.78, 5) is 24.7. The molecule has 1 aromatic rings. The van der Waals surface area contributed by atoms with Crippen LogP contribution in [0.3, 0.4) is 0 Å². The fraction of sp³-hybridized carbons (Fsp3) is 0.400. The maximum atomic E-state index is 12.3. The van der Waals surface area contributed by atoms with E-state index in [1.54, 1.807) is 6.07 Å². The van der Waals surface area contributed by atoms with E-state index in [4.69, 9.17) is 4.42 Å². The van der Waals surface area contributed by atoms with Gasteiger partial charge in [0.05, 0.1) is 18.1 Å². The van der Waals surface area contributed by atoms with Gasteiger partial charge in [-0.1, -0.05) is 12.2 Å². The van der Waals surface area contributed by atoms with Crippen molar-refractivity contribution in [1.82, 2.24) is 5.01 Å². The van der Waals surface area contributed by atoms with Crippen molar-refractivity contribution in [2.24, 2.45) is 28.8 Å². The Balaban J connectivity index is 1.60. The lowest BCUT2D eigenvalue weighted by molar-refractivity contribution is -0.140. The minimum atomic E-state index is -0.201. The van der Waals surface area contributed by atoms with Crippen molar-refractivity contribution in [3.05, 3.63) is 35.8 Å². The quantitative estimate of drug-likeness (QED) is 0.467. The van der Waals surface area contributed by atoms with Crippen molar-refractivity contribution in [1.29, 1.82) is 0 Å². The zero-order valence-electron chi connectivity index (χ0n) is 11.0. The molecule has 5 nitrogen and oxygen atoms in total. The van der Waals surface area contributed by atoms with E-state index in [1.807, 2.05) is 13.0 Å². The number of fused-ring (bicyclic) bond motifs is 5. The Morgan fingerprint density at radius 2 is 1.85 bits per heavy atom. The minimum absolute atomic E-state index is 0.170. The molecule has 2 aliphatic carbocycles. The molecule has 2 amide bonds. The van der Waals surface area contributed by atoms with Crippen molar-refractivity contribution >= 4 is 18.0 Å². The van der Waals surface area contributed by atoms with Crippen LogP contribution in [0, 0.1) is 30.6 Å². The van der Waals surface area contributed by atoms with Crippen LogP contribution in [0.1, 0.15) is 17.9 Å². The third-order valence-corrected chi connectivity index (χ3v) is 4.51. The summed E-state index contributed by atoms with van der Waals surface area (Å²) in [6, 6.07) is 3.57. The number of carbonyl (C=O) groups excluding carboxylic acids is 2. The van der Waals surface area contributed by atoms with Crippen molar-refractivity contribution in [2.75, 3.05) is 0 Å². The molecule has 4 atom stereocenters. The Labute approximate surface area is 115 Å². The van der Waals surface area contributed by atoms with Gasteiger partial charge in [0.15, 0.2) is 0 Å². The van der Waals surface area contributed by atoms with Gasteiger partial charge in [-0.15, -0.1) is 0 Å². The van der Waals surface area contributed by atoms with E-state index in [-0.39, 0.29) is 35.5 Å². The number of carbonyl (C=O) groups is 2. The lowest BCUT2D eigenvalue weighted by Gasteiger charge is -2.13. The van der Waals surface area contributed by atoms with Gasteiger partial charge in [-0.3, -0.25) is 9.59 Å². The molecule has 102 valence electrons. The van der Waals surface area contributed by atoms with Gasteiger partial charge in [-0.25, -0.2) is 0 Å². The number of aryl methyl sites for hydroxylation is 1. The SMILES string of the molecule is Cc1ccc(/C=N\N2C(=O)[C@H]3[C@H](C2=O)[C@H]2C=C[C@H]3C2)o1. The van der Waals surface area contributed by atoms with Gasteiger partial charge in [0.25, 0.3) is 11.8 Å². The number of rotatable bonds is 2. The van der Waals surface area contributed by atoms with Gasteiger partial charge >= 0.3 is 0 Å². The van der Waals surface area contributed by atoms with Crippen LogP contribution < -0.4 is 0 Å². The topological polar surface area (TPSA) is 62.9 Å². The largest absolute Gasteiger partial charge is 0.460 e. The number of allylic oxidation sites excluding steroid dienone is 2. The Morgan fingerprint density at radius 3 is 2.40 bits per heavy atom. The maximum absolute atomic E-state index is 12.3. The van der Waals surface area contributed by atoms with Crippen LogP contribution in [0.5, 0.6) is 0 Å². The van der Waals surface area contributed by atoms with Crippen molar-refractivity contribution in [3.63, 3.8) is 0 Å². The lowest BCUT2D eigenvalue weighted by atomic mass is 9.85. The summed E-state index contributed by atoms with van der Waals surface area (Å²) in [6.07, 6.45) is 6.50. The van der Waals surface area contributed by atoms with E-state index >= 15 is 0 Å². The molecule has 0 spiro atoms. The minimum Gasteiger partial charge on any atom is -0.460 e. The van der Waals surface area contributed by atoms with E-state index in [9.17, 15) is 9.59 Å². The second-order valence-electron chi connectivity index (χ2n) is 5.68. The molecule has 2 bridgehead atoms. The molecule has 1 aromatic heterocycles. The number of hydrogen-bond donors (Lipinski definition) is 0. The van der Waals surface area contributed by atoms with Crippen molar-refractivity contribution < 1.29 is 14.0 Å². The first-order valence-electron chi connectivity index (χ1n) is 6.82. The van der Waals surface area contributed by atoms with E-state index in [0.717, 1.165) is 17.2 Å². The Kier molecular flexibility index (Phi) is 2.28. The van der Waals surface area contributed by atoms with Gasteiger partial charge in [-0.05, 0) is 37.3 Å². The number of nitrogens with zero attached hydrogens (tertiary/aromatic N) is 2. The van der Waals surface area contributed by atoms with Crippen molar-refractivity contribution in [2.45, 2.75) is 13.3 Å². The summed E-state index contributed by atoms with van der Waals surface area (Å²) in [6.45, 7) is 1.83. The molecule has 3 aliphatic rings. The number of furan rings is 1. The molecule has 20 heavy (non-hydrogen) atoms. The summed E-state index contributed by atoms with van der Waals surface area (Å²) in [5.41, 5.74) is 0. The molecule has 4 rings (SSSR count). The fourth-order valence-electron chi connectivity index (χ4n) is 3.64. The fourth-order valence-corrected chi connectivity index (χ4v) is 3.64. The summed E-state index contributed by atoms with van der Waals surface area (Å²) >= 11 is 0. The number of amides is 2. The molecule has 2 heterocycles. The summed E-state index contributed by atoms with van der Waals surface area (Å²) in [7, 11) is 0. The monoisotopic (exact) mass is 270 g/mol. The Bertz CT molecular complexity index is 628. The zero-order valence-corrected chi connectivity index (χ0v) is 11.0. The molecule has 0 unspecified atom stereocenters. The van der Waals surface area contributed by atoms with Crippen molar-refractivity contribution in [3.8, 4) is 0 Å². The van der Waals surface area contributed by atoms with Crippen LogP contribution in [0.2, 0.25) is 0 Å². The predicted octanol–water partition coefficient (Wildman–Crippen LogP) is 1.73. The summed E-state index contributed by atoms with van der Waals surface area (Å²) in [5, 5.41) is 5.06. The molecule has 1 saturated heterocycles. The third-order valence-electron chi connectivity index (χ3n) is 4.51. The van der Waals surface area contributed by atoms with Gasteiger partial charge in [0, 0.05) is 0 Å². The molecule has 0 aromatic carbocycles. The maximum Gasteiger partial charge on any atom is 0.254 e. The highest BCUT2D eigenvalue weighted by molar-refractivity contribution is 6.06. The van der Waals surface area contributed by atoms with E-state index < -0.39 is 0 Å². The highest BCUT2D eigenvalue weighted by Gasteiger charge is 2.59. The Hall–Kier alpha value is -2.17.